The van der Waals surface area contributed by atoms with Crippen LogP contribution < -0.4 is 5.32 Å². The number of rotatable bonds is 3. The summed E-state index contributed by atoms with van der Waals surface area (Å²) < 4.78 is 0. The van der Waals surface area contributed by atoms with E-state index in [0.29, 0.717) is 5.56 Å². The Morgan fingerprint density at radius 2 is 1.95 bits per heavy atom. The van der Waals surface area contributed by atoms with E-state index in [1.807, 2.05) is 30.3 Å². The van der Waals surface area contributed by atoms with Crippen molar-refractivity contribution in [2.24, 2.45) is 0 Å². The number of carbonyl (C=O) groups excluding carboxylic acids is 1. The molecule has 0 heterocycles. The van der Waals surface area contributed by atoms with Crippen LogP contribution in [0.1, 0.15) is 28.4 Å². The van der Waals surface area contributed by atoms with Crippen molar-refractivity contribution in [1.29, 1.82) is 0 Å². The van der Waals surface area contributed by atoms with Gasteiger partial charge in [0.15, 0.2) is 0 Å². The molecule has 0 fully saturated rings. The number of hydrogen-bond donors (Lipinski definition) is 2. The van der Waals surface area contributed by atoms with E-state index in [1.54, 1.807) is 6.92 Å². The maximum atomic E-state index is 12.0. The van der Waals surface area contributed by atoms with Crippen molar-refractivity contribution in [2.75, 3.05) is 6.54 Å². The lowest BCUT2D eigenvalue weighted by atomic mass is 10.0. The summed E-state index contributed by atoms with van der Waals surface area (Å²) in [5.74, 6) is -0.135. The molecule has 1 atom stereocenters. The molecule has 0 spiro atoms. The zero-order chi connectivity index (χ0) is 14.1. The summed E-state index contributed by atoms with van der Waals surface area (Å²) in [6, 6.07) is 14.1. The molecule has 0 radical (unpaired) electrons. The van der Waals surface area contributed by atoms with Gasteiger partial charge in [0.2, 0.25) is 0 Å². The van der Waals surface area contributed by atoms with Crippen LogP contribution in [-0.2, 0) is 6.42 Å². The molecule has 1 unspecified atom stereocenters. The van der Waals surface area contributed by atoms with Gasteiger partial charge in [-0.05, 0) is 47.7 Å². The SMILES string of the molecule is CC(O)CNC(=O)c1ccc2c(c1)Cc1ccccc1-2. The summed E-state index contributed by atoms with van der Waals surface area (Å²) in [5, 5.41) is 11.9. The lowest BCUT2D eigenvalue weighted by Crippen LogP contribution is -2.30. The molecular weight excluding hydrogens is 250 g/mol. The molecule has 0 bridgehead atoms. The van der Waals surface area contributed by atoms with Crippen molar-refractivity contribution in [3.63, 3.8) is 0 Å². The molecule has 3 rings (SSSR count). The fourth-order valence-electron chi connectivity index (χ4n) is 2.63. The van der Waals surface area contributed by atoms with Gasteiger partial charge in [-0.2, -0.15) is 0 Å². The van der Waals surface area contributed by atoms with Gasteiger partial charge in [-0.3, -0.25) is 4.79 Å². The summed E-state index contributed by atoms with van der Waals surface area (Å²) >= 11 is 0. The number of aliphatic hydroxyl groups is 1. The van der Waals surface area contributed by atoms with Crippen LogP contribution >= 0.6 is 0 Å². The molecule has 2 aromatic rings. The van der Waals surface area contributed by atoms with Gasteiger partial charge in [0.1, 0.15) is 0 Å². The summed E-state index contributed by atoms with van der Waals surface area (Å²) in [6.07, 6.45) is 0.348. The van der Waals surface area contributed by atoms with Crippen molar-refractivity contribution in [3.8, 4) is 11.1 Å². The van der Waals surface area contributed by atoms with Crippen LogP contribution in [0.25, 0.3) is 11.1 Å². The highest BCUT2D eigenvalue weighted by Crippen LogP contribution is 2.36. The van der Waals surface area contributed by atoms with Crippen molar-refractivity contribution >= 4 is 5.91 Å². The topological polar surface area (TPSA) is 49.3 Å². The average molecular weight is 267 g/mol. The molecule has 1 amide bonds. The van der Waals surface area contributed by atoms with Crippen LogP contribution in [0.4, 0.5) is 0 Å². The molecule has 2 aromatic carbocycles. The molecule has 0 saturated heterocycles. The number of hydrogen-bond acceptors (Lipinski definition) is 2. The number of amides is 1. The molecule has 0 saturated carbocycles. The smallest absolute Gasteiger partial charge is 0.251 e. The van der Waals surface area contributed by atoms with E-state index in [4.69, 9.17) is 0 Å². The Morgan fingerprint density at radius 1 is 1.20 bits per heavy atom. The van der Waals surface area contributed by atoms with Crippen molar-refractivity contribution < 1.29 is 9.90 Å². The Morgan fingerprint density at radius 3 is 2.75 bits per heavy atom. The Balaban J connectivity index is 1.85. The van der Waals surface area contributed by atoms with Crippen LogP contribution in [0.3, 0.4) is 0 Å². The van der Waals surface area contributed by atoms with Gasteiger partial charge in [-0.1, -0.05) is 30.3 Å². The van der Waals surface area contributed by atoms with E-state index in [1.165, 1.54) is 22.3 Å². The van der Waals surface area contributed by atoms with Gasteiger partial charge in [-0.15, -0.1) is 0 Å². The molecule has 0 aliphatic heterocycles. The molecule has 0 aromatic heterocycles. The number of aliphatic hydroxyl groups excluding tert-OH is 1. The van der Waals surface area contributed by atoms with Crippen molar-refractivity contribution in [1.82, 2.24) is 5.32 Å². The van der Waals surface area contributed by atoms with Crippen LogP contribution in [-0.4, -0.2) is 23.7 Å². The Bertz CT molecular complexity index is 662. The van der Waals surface area contributed by atoms with E-state index < -0.39 is 6.10 Å². The zero-order valence-electron chi connectivity index (χ0n) is 11.4. The van der Waals surface area contributed by atoms with Crippen LogP contribution in [0.2, 0.25) is 0 Å². The maximum Gasteiger partial charge on any atom is 0.251 e. The molecule has 1 aliphatic rings. The van der Waals surface area contributed by atoms with E-state index in [-0.39, 0.29) is 12.5 Å². The minimum Gasteiger partial charge on any atom is -0.392 e. The first-order valence-electron chi connectivity index (χ1n) is 6.82. The Labute approximate surface area is 118 Å². The monoisotopic (exact) mass is 267 g/mol. The molecule has 20 heavy (non-hydrogen) atoms. The minimum absolute atomic E-state index is 0.135. The fraction of sp³-hybridized carbons (Fsp3) is 0.235. The fourth-order valence-corrected chi connectivity index (χ4v) is 2.63. The maximum absolute atomic E-state index is 12.0. The Hall–Kier alpha value is -2.13. The zero-order valence-corrected chi connectivity index (χ0v) is 11.4. The van der Waals surface area contributed by atoms with Gasteiger partial charge >= 0.3 is 0 Å². The van der Waals surface area contributed by atoms with Gasteiger partial charge in [0.05, 0.1) is 6.10 Å². The van der Waals surface area contributed by atoms with E-state index in [0.717, 1.165) is 6.42 Å². The number of benzene rings is 2. The second-order valence-electron chi connectivity index (χ2n) is 5.26. The van der Waals surface area contributed by atoms with Gasteiger partial charge in [0.25, 0.3) is 5.91 Å². The van der Waals surface area contributed by atoms with Gasteiger partial charge in [-0.25, -0.2) is 0 Å². The molecular formula is C17H17NO2. The van der Waals surface area contributed by atoms with Gasteiger partial charge < -0.3 is 10.4 Å². The first kappa shape index (κ1) is 12.9. The molecule has 3 nitrogen and oxygen atoms in total. The molecule has 3 heteroatoms. The number of carbonyl (C=O) groups is 1. The third-order valence-electron chi connectivity index (χ3n) is 3.61. The molecule has 2 N–H and O–H groups in total. The van der Waals surface area contributed by atoms with E-state index in [2.05, 4.69) is 17.4 Å². The highest BCUT2D eigenvalue weighted by Gasteiger charge is 2.19. The quantitative estimate of drug-likeness (QED) is 0.765. The molecule has 1 aliphatic carbocycles. The first-order valence-corrected chi connectivity index (χ1v) is 6.82. The number of nitrogens with one attached hydrogen (secondary N) is 1. The Kier molecular flexibility index (Phi) is 3.28. The predicted octanol–water partition coefficient (Wildman–Crippen LogP) is 2.37. The highest BCUT2D eigenvalue weighted by molar-refractivity contribution is 5.95. The second kappa shape index (κ2) is 5.10. The summed E-state index contributed by atoms with van der Waals surface area (Å²) in [6.45, 7) is 1.93. The van der Waals surface area contributed by atoms with Crippen molar-refractivity contribution in [3.05, 3.63) is 59.2 Å². The lowest BCUT2D eigenvalue weighted by Gasteiger charge is -2.08. The lowest BCUT2D eigenvalue weighted by molar-refractivity contribution is 0.0924. The standard InChI is InChI=1S/C17H17NO2/c1-11(19)10-18-17(20)13-6-7-16-14(9-13)8-12-4-2-3-5-15(12)16/h2-7,9,11,19H,8,10H2,1H3,(H,18,20). The number of fused-ring (bicyclic) bond motifs is 3. The molecule has 102 valence electrons. The third kappa shape index (κ3) is 2.32. The van der Waals surface area contributed by atoms with Crippen LogP contribution in [0, 0.1) is 0 Å². The average Bonchev–Trinajstić information content (AvgIpc) is 2.82. The van der Waals surface area contributed by atoms with Gasteiger partial charge in [0, 0.05) is 12.1 Å². The first-order chi connectivity index (χ1) is 9.65. The third-order valence-corrected chi connectivity index (χ3v) is 3.61. The minimum atomic E-state index is -0.530. The largest absolute Gasteiger partial charge is 0.392 e. The van der Waals surface area contributed by atoms with E-state index in [9.17, 15) is 9.90 Å². The second-order valence-corrected chi connectivity index (χ2v) is 5.26. The van der Waals surface area contributed by atoms with Crippen molar-refractivity contribution in [2.45, 2.75) is 19.4 Å². The summed E-state index contributed by atoms with van der Waals surface area (Å²) in [5.41, 5.74) is 5.63. The summed E-state index contributed by atoms with van der Waals surface area (Å²) in [4.78, 5) is 12.0. The van der Waals surface area contributed by atoms with E-state index >= 15 is 0 Å². The van der Waals surface area contributed by atoms with Crippen LogP contribution in [0.5, 0.6) is 0 Å². The summed E-state index contributed by atoms with van der Waals surface area (Å²) in [7, 11) is 0. The van der Waals surface area contributed by atoms with Crippen LogP contribution in [0.15, 0.2) is 42.5 Å². The predicted molar refractivity (Wildman–Crippen MR) is 78.7 cm³/mol. The highest BCUT2D eigenvalue weighted by atomic mass is 16.3. The normalized spacial score (nSPS) is 13.5.